The van der Waals surface area contributed by atoms with Crippen molar-refractivity contribution >= 4 is 29.9 Å². The van der Waals surface area contributed by atoms with E-state index in [1.807, 2.05) is 0 Å². The van der Waals surface area contributed by atoms with Gasteiger partial charge in [0.05, 0.1) is 0 Å². The maximum atomic E-state index is 14.0. The van der Waals surface area contributed by atoms with E-state index < -0.39 is 0 Å². The fraction of sp³-hybridized carbons (Fsp3) is 0.632. The van der Waals surface area contributed by atoms with Crippen LogP contribution in [0.15, 0.2) is 18.2 Å². The topological polar surface area (TPSA) is 55.1 Å². The molecule has 0 aliphatic heterocycles. The molecule has 1 aromatic carbocycles. The van der Waals surface area contributed by atoms with Crippen LogP contribution in [0.2, 0.25) is 5.02 Å². The highest BCUT2D eigenvalue weighted by atomic mass is 35.5. The third-order valence-corrected chi connectivity index (χ3v) is 6.60. The number of amides is 1. The summed E-state index contributed by atoms with van der Waals surface area (Å²) in [6, 6.07) is 5.04. The molecule has 3 N–H and O–H groups in total. The van der Waals surface area contributed by atoms with Gasteiger partial charge in [-0.05, 0) is 56.1 Å². The van der Waals surface area contributed by atoms with Gasteiger partial charge in [-0.1, -0.05) is 24.1 Å². The van der Waals surface area contributed by atoms with Crippen LogP contribution >= 0.6 is 24.0 Å². The summed E-state index contributed by atoms with van der Waals surface area (Å²) in [5, 5.41) is 3.58. The van der Waals surface area contributed by atoms with E-state index in [0.29, 0.717) is 22.4 Å². The highest BCUT2D eigenvalue weighted by molar-refractivity contribution is 6.31. The van der Waals surface area contributed by atoms with Crippen molar-refractivity contribution in [2.24, 2.45) is 23.5 Å². The summed E-state index contributed by atoms with van der Waals surface area (Å²) in [4.78, 5) is 12.7. The molecule has 3 aliphatic carbocycles. The van der Waals surface area contributed by atoms with Crippen molar-refractivity contribution in [2.45, 2.75) is 56.5 Å². The van der Waals surface area contributed by atoms with Crippen molar-refractivity contribution in [1.82, 2.24) is 5.32 Å². The zero-order valence-electron chi connectivity index (χ0n) is 14.1. The second-order valence-electron chi connectivity index (χ2n) is 7.79. The van der Waals surface area contributed by atoms with Crippen LogP contribution in [-0.4, -0.2) is 18.0 Å². The zero-order valence-corrected chi connectivity index (χ0v) is 15.7. The average molecular weight is 387 g/mol. The Balaban J connectivity index is 0.00000182. The first kappa shape index (κ1) is 18.9. The molecule has 0 aromatic heterocycles. The monoisotopic (exact) mass is 386 g/mol. The lowest BCUT2D eigenvalue weighted by Crippen LogP contribution is -2.49. The minimum absolute atomic E-state index is 0. The molecule has 0 radical (unpaired) electrons. The van der Waals surface area contributed by atoms with Crippen LogP contribution in [0.25, 0.3) is 0 Å². The Morgan fingerprint density at radius 3 is 2.52 bits per heavy atom. The number of hydrogen-bond acceptors (Lipinski definition) is 2. The Bertz CT molecular complexity index is 622. The summed E-state index contributed by atoms with van der Waals surface area (Å²) in [5.41, 5.74) is 6.85. The summed E-state index contributed by atoms with van der Waals surface area (Å²) in [6.07, 6.45) is 6.12. The molecule has 3 aliphatic rings. The average Bonchev–Trinajstić information content (AvgIpc) is 3.25. The molecule has 3 saturated carbocycles. The molecule has 4 atom stereocenters. The van der Waals surface area contributed by atoms with Crippen LogP contribution in [-0.2, 0) is 4.79 Å². The summed E-state index contributed by atoms with van der Waals surface area (Å²) in [7, 11) is 0. The van der Waals surface area contributed by atoms with Crippen molar-refractivity contribution in [2.75, 3.05) is 0 Å². The fourth-order valence-corrected chi connectivity index (χ4v) is 5.15. The second kappa shape index (κ2) is 7.42. The number of halogens is 3. The van der Waals surface area contributed by atoms with E-state index in [2.05, 4.69) is 5.32 Å². The first-order valence-electron chi connectivity index (χ1n) is 9.04. The van der Waals surface area contributed by atoms with Gasteiger partial charge in [0.2, 0.25) is 5.91 Å². The second-order valence-corrected chi connectivity index (χ2v) is 8.20. The van der Waals surface area contributed by atoms with Crippen LogP contribution in [0.4, 0.5) is 4.39 Å². The molecule has 138 valence electrons. The molecule has 4 rings (SSSR count). The van der Waals surface area contributed by atoms with Gasteiger partial charge in [-0.2, -0.15) is 0 Å². The summed E-state index contributed by atoms with van der Waals surface area (Å²) >= 11 is 6.13. The van der Waals surface area contributed by atoms with Crippen LogP contribution in [0.3, 0.4) is 0 Å². The minimum atomic E-state index is -0.276. The summed E-state index contributed by atoms with van der Waals surface area (Å²) in [5.74, 6) is 0.903. The van der Waals surface area contributed by atoms with E-state index >= 15 is 0 Å². The van der Waals surface area contributed by atoms with Crippen molar-refractivity contribution in [3.63, 3.8) is 0 Å². The van der Waals surface area contributed by atoms with Gasteiger partial charge in [-0.3, -0.25) is 4.79 Å². The van der Waals surface area contributed by atoms with E-state index in [0.717, 1.165) is 32.1 Å². The zero-order chi connectivity index (χ0) is 16.8. The Morgan fingerprint density at radius 2 is 1.88 bits per heavy atom. The maximum Gasteiger partial charge on any atom is 0.223 e. The standard InChI is InChI=1S/C19H24ClFN2O.ClH/c20-14-5-2-6-15(21)17(14)13-9-16(13)23-19(24)12-7-10-3-1-4-11(8-12)18(10)22;/h2,5-6,10-13,16,18H,1,3-4,7-9,22H2,(H,23,24);1H. The van der Waals surface area contributed by atoms with Gasteiger partial charge >= 0.3 is 0 Å². The molecule has 2 bridgehead atoms. The van der Waals surface area contributed by atoms with E-state index in [4.69, 9.17) is 17.3 Å². The number of benzene rings is 1. The van der Waals surface area contributed by atoms with Gasteiger partial charge in [-0.15, -0.1) is 12.4 Å². The third kappa shape index (κ3) is 3.67. The number of hydrogen-bond donors (Lipinski definition) is 2. The van der Waals surface area contributed by atoms with Crippen LogP contribution in [0.1, 0.15) is 50.0 Å². The number of carbonyl (C=O) groups excluding carboxylic acids is 1. The first-order chi connectivity index (χ1) is 11.5. The molecule has 0 heterocycles. The first-order valence-corrected chi connectivity index (χ1v) is 9.42. The molecule has 1 aromatic rings. The van der Waals surface area contributed by atoms with Gasteiger partial charge in [0.15, 0.2) is 0 Å². The molecular weight excluding hydrogens is 362 g/mol. The minimum Gasteiger partial charge on any atom is -0.352 e. The summed E-state index contributed by atoms with van der Waals surface area (Å²) < 4.78 is 14.0. The molecule has 25 heavy (non-hydrogen) atoms. The van der Waals surface area contributed by atoms with E-state index in [1.54, 1.807) is 12.1 Å². The number of carbonyl (C=O) groups is 1. The Hall–Kier alpha value is -0.840. The van der Waals surface area contributed by atoms with Crippen LogP contribution in [0, 0.1) is 23.6 Å². The van der Waals surface area contributed by atoms with Crippen molar-refractivity contribution in [3.8, 4) is 0 Å². The van der Waals surface area contributed by atoms with Crippen molar-refractivity contribution in [1.29, 1.82) is 0 Å². The van der Waals surface area contributed by atoms with Crippen molar-refractivity contribution in [3.05, 3.63) is 34.6 Å². The summed E-state index contributed by atoms with van der Waals surface area (Å²) in [6.45, 7) is 0. The quantitative estimate of drug-likeness (QED) is 0.823. The molecule has 0 spiro atoms. The Morgan fingerprint density at radius 1 is 1.20 bits per heavy atom. The van der Waals surface area contributed by atoms with E-state index in [-0.39, 0.29) is 48.1 Å². The predicted molar refractivity (Wildman–Crippen MR) is 99.5 cm³/mol. The number of nitrogens with two attached hydrogens (primary N) is 1. The highest BCUT2D eigenvalue weighted by Crippen LogP contribution is 2.46. The van der Waals surface area contributed by atoms with Gasteiger partial charge in [-0.25, -0.2) is 4.39 Å². The maximum absolute atomic E-state index is 14.0. The van der Waals surface area contributed by atoms with Gasteiger partial charge in [0.25, 0.3) is 0 Å². The lowest BCUT2D eigenvalue weighted by Gasteiger charge is -2.43. The predicted octanol–water partition coefficient (Wildman–Crippen LogP) is 4.03. The normalized spacial score (nSPS) is 36.3. The van der Waals surface area contributed by atoms with Gasteiger partial charge in [0.1, 0.15) is 5.82 Å². The lowest BCUT2D eigenvalue weighted by molar-refractivity contribution is -0.128. The number of fused-ring (bicyclic) bond motifs is 2. The molecule has 0 saturated heterocycles. The fourth-order valence-electron chi connectivity index (χ4n) is 4.84. The number of nitrogens with one attached hydrogen (secondary N) is 1. The molecular formula is C19H25Cl2FN2O. The largest absolute Gasteiger partial charge is 0.352 e. The lowest BCUT2D eigenvalue weighted by atomic mass is 9.65. The molecule has 1 amide bonds. The Kier molecular flexibility index (Phi) is 5.62. The van der Waals surface area contributed by atoms with Gasteiger partial charge in [0, 0.05) is 34.5 Å². The number of rotatable bonds is 3. The van der Waals surface area contributed by atoms with Crippen LogP contribution in [0.5, 0.6) is 0 Å². The Labute approximate surface area is 159 Å². The molecule has 6 heteroatoms. The van der Waals surface area contributed by atoms with Crippen LogP contribution < -0.4 is 11.1 Å². The molecule has 3 fully saturated rings. The van der Waals surface area contributed by atoms with E-state index in [9.17, 15) is 9.18 Å². The smallest absolute Gasteiger partial charge is 0.223 e. The highest BCUT2D eigenvalue weighted by Gasteiger charge is 2.45. The van der Waals surface area contributed by atoms with Gasteiger partial charge < -0.3 is 11.1 Å². The SMILES string of the molecule is Cl.NC1C2CCCC1CC(C(=O)NC1CC1c1c(F)cccc1Cl)C2. The molecule has 3 nitrogen and oxygen atoms in total. The molecule has 4 unspecified atom stereocenters. The van der Waals surface area contributed by atoms with Crippen molar-refractivity contribution < 1.29 is 9.18 Å². The third-order valence-electron chi connectivity index (χ3n) is 6.27. The van der Waals surface area contributed by atoms with E-state index in [1.165, 1.54) is 12.5 Å².